The van der Waals surface area contributed by atoms with Crippen molar-refractivity contribution in [1.82, 2.24) is 0 Å². The van der Waals surface area contributed by atoms with Crippen molar-refractivity contribution in [1.29, 1.82) is 0 Å². The third-order valence-electron chi connectivity index (χ3n) is 5.76. The van der Waals surface area contributed by atoms with Gasteiger partial charge < -0.3 is 18.9 Å². The van der Waals surface area contributed by atoms with Crippen LogP contribution >= 0.6 is 0 Å². The molecule has 0 amide bonds. The minimum Gasteiger partial charge on any atom is -0.459 e. The summed E-state index contributed by atoms with van der Waals surface area (Å²) in [5.41, 5.74) is 0.492. The molecule has 0 radical (unpaired) electrons. The second-order valence-electron chi connectivity index (χ2n) is 8.60. The zero-order valence-corrected chi connectivity index (χ0v) is 19.7. The van der Waals surface area contributed by atoms with Crippen LogP contribution in [0, 0.1) is 5.92 Å². The van der Waals surface area contributed by atoms with Crippen molar-refractivity contribution in [2.24, 2.45) is 5.92 Å². The zero-order valence-electron chi connectivity index (χ0n) is 19.7. The number of fused-ring (bicyclic) bond motifs is 1. The summed E-state index contributed by atoms with van der Waals surface area (Å²) in [6.45, 7) is 15.2. The molecule has 32 heavy (non-hydrogen) atoms. The molecule has 0 aromatic heterocycles. The average molecular weight is 449 g/mol. The monoisotopic (exact) mass is 448 g/mol. The lowest BCUT2D eigenvalue weighted by atomic mass is 9.72. The van der Waals surface area contributed by atoms with Crippen molar-refractivity contribution in [3.05, 3.63) is 35.5 Å². The maximum Gasteiger partial charge on any atom is 0.333 e. The lowest BCUT2D eigenvalue weighted by molar-refractivity contribution is -0.168. The summed E-state index contributed by atoms with van der Waals surface area (Å²) in [5, 5.41) is 0. The predicted molar refractivity (Wildman–Crippen MR) is 115 cm³/mol. The van der Waals surface area contributed by atoms with Crippen LogP contribution in [-0.4, -0.2) is 53.7 Å². The Morgan fingerprint density at radius 2 is 1.72 bits per heavy atom. The molecule has 1 unspecified atom stereocenters. The van der Waals surface area contributed by atoms with Crippen LogP contribution in [0.1, 0.15) is 54.9 Å². The van der Waals surface area contributed by atoms with E-state index in [1.807, 2.05) is 19.9 Å². The van der Waals surface area contributed by atoms with E-state index in [9.17, 15) is 19.2 Å². The van der Waals surface area contributed by atoms with Crippen molar-refractivity contribution in [3.8, 4) is 0 Å². The summed E-state index contributed by atoms with van der Waals surface area (Å²) in [6, 6.07) is 0. The molecule has 0 aromatic rings. The van der Waals surface area contributed by atoms with Crippen LogP contribution in [0.25, 0.3) is 0 Å². The number of ketones is 1. The number of epoxide rings is 1. The number of rotatable bonds is 8. The van der Waals surface area contributed by atoms with Gasteiger partial charge in [-0.25, -0.2) is 4.79 Å². The van der Waals surface area contributed by atoms with Gasteiger partial charge in [-0.1, -0.05) is 24.3 Å². The molecule has 0 N–H and O–H groups in total. The number of hydrogen-bond donors (Lipinski definition) is 0. The second kappa shape index (κ2) is 9.81. The van der Waals surface area contributed by atoms with Gasteiger partial charge in [-0.15, -0.1) is 0 Å². The van der Waals surface area contributed by atoms with Crippen LogP contribution in [0.2, 0.25) is 0 Å². The molecule has 0 spiro atoms. The molecule has 8 nitrogen and oxygen atoms in total. The van der Waals surface area contributed by atoms with E-state index >= 15 is 0 Å². The van der Waals surface area contributed by atoms with Crippen LogP contribution in [0.3, 0.4) is 0 Å². The van der Waals surface area contributed by atoms with Crippen LogP contribution in [-0.2, 0) is 38.1 Å². The highest BCUT2D eigenvalue weighted by molar-refractivity contribution is 5.97. The first kappa shape index (κ1) is 25.5. The molecule has 1 aliphatic carbocycles. The molecule has 2 fully saturated rings. The molecule has 0 aromatic carbocycles. The van der Waals surface area contributed by atoms with Gasteiger partial charge in [-0.3, -0.25) is 14.4 Å². The molecular formula is C24H32O8. The predicted octanol–water partition coefficient (Wildman–Crippen LogP) is 3.00. The number of hydrogen-bond acceptors (Lipinski definition) is 8. The van der Waals surface area contributed by atoms with Gasteiger partial charge in [0.1, 0.15) is 18.3 Å². The van der Waals surface area contributed by atoms with E-state index in [4.69, 9.17) is 18.9 Å². The molecule has 1 saturated carbocycles. The molecule has 0 bridgehead atoms. The Hall–Kier alpha value is -2.74. The first-order valence-corrected chi connectivity index (χ1v) is 10.6. The molecule has 1 heterocycles. The second-order valence-corrected chi connectivity index (χ2v) is 8.60. The van der Waals surface area contributed by atoms with Crippen LogP contribution in [0.5, 0.6) is 0 Å². The molecule has 2 aliphatic rings. The Morgan fingerprint density at radius 3 is 2.22 bits per heavy atom. The normalized spacial score (nSPS) is 29.8. The number of esters is 3. The highest BCUT2D eigenvalue weighted by atomic mass is 16.7. The van der Waals surface area contributed by atoms with Gasteiger partial charge in [-0.05, 0) is 40.2 Å². The summed E-state index contributed by atoms with van der Waals surface area (Å²) in [6.07, 6.45) is 0.0234. The zero-order chi connectivity index (χ0) is 24.4. The number of carbonyl (C=O) groups excluding carboxylic acids is 4. The first-order chi connectivity index (χ1) is 14.8. The van der Waals surface area contributed by atoms with Crippen molar-refractivity contribution in [2.45, 2.75) is 84.9 Å². The van der Waals surface area contributed by atoms with E-state index in [1.54, 1.807) is 26.8 Å². The Balaban J connectivity index is 2.49. The largest absolute Gasteiger partial charge is 0.459 e. The van der Waals surface area contributed by atoms with E-state index in [0.29, 0.717) is 11.1 Å². The fraction of sp³-hybridized carbons (Fsp3) is 0.583. The molecule has 2 rings (SSSR count). The third-order valence-corrected chi connectivity index (χ3v) is 5.76. The quantitative estimate of drug-likeness (QED) is 0.183. The van der Waals surface area contributed by atoms with Crippen LogP contribution in [0.15, 0.2) is 35.5 Å². The fourth-order valence-corrected chi connectivity index (χ4v) is 3.83. The van der Waals surface area contributed by atoms with Crippen molar-refractivity contribution in [3.63, 3.8) is 0 Å². The van der Waals surface area contributed by atoms with Gasteiger partial charge in [0.15, 0.2) is 11.7 Å². The van der Waals surface area contributed by atoms with E-state index in [0.717, 1.165) is 5.57 Å². The Bertz CT molecular complexity index is 878. The van der Waals surface area contributed by atoms with Crippen LogP contribution in [0.4, 0.5) is 0 Å². The van der Waals surface area contributed by atoms with Crippen molar-refractivity contribution < 1.29 is 38.1 Å². The number of ether oxygens (including phenoxy) is 4. The van der Waals surface area contributed by atoms with Gasteiger partial charge in [0.25, 0.3) is 0 Å². The first-order valence-electron chi connectivity index (χ1n) is 10.6. The van der Waals surface area contributed by atoms with Crippen molar-refractivity contribution >= 4 is 23.7 Å². The SMILES string of the molecule is C=C(C(CC=C(C)C)OC(=O)/C(C)=C\C)[C@H]1[C@H](OC(C)=O)[C@H]2O[C@@]2(C)C(=O)[C@@H]1OC(C)=O. The number of carbonyl (C=O) groups is 4. The molecule has 6 atom stereocenters. The highest BCUT2D eigenvalue weighted by Crippen LogP contribution is 2.51. The smallest absolute Gasteiger partial charge is 0.333 e. The van der Waals surface area contributed by atoms with Gasteiger partial charge in [0.2, 0.25) is 5.78 Å². The third kappa shape index (κ3) is 5.35. The topological polar surface area (TPSA) is 108 Å². The van der Waals surface area contributed by atoms with E-state index in [-0.39, 0.29) is 6.42 Å². The Kier molecular flexibility index (Phi) is 7.83. The number of Topliss-reactive ketones (excluding diaryl/α,β-unsaturated/α-hetero) is 1. The molecule has 8 heteroatoms. The summed E-state index contributed by atoms with van der Waals surface area (Å²) >= 11 is 0. The maximum atomic E-state index is 13.1. The van der Waals surface area contributed by atoms with Gasteiger partial charge in [0, 0.05) is 25.8 Å². The van der Waals surface area contributed by atoms with Crippen molar-refractivity contribution in [2.75, 3.05) is 0 Å². The van der Waals surface area contributed by atoms with E-state index < -0.39 is 59.6 Å². The summed E-state index contributed by atoms with van der Waals surface area (Å²) in [4.78, 5) is 49.3. The summed E-state index contributed by atoms with van der Waals surface area (Å²) in [5.74, 6) is -3.17. The molecular weight excluding hydrogens is 416 g/mol. The van der Waals surface area contributed by atoms with Gasteiger partial charge in [0.05, 0.1) is 5.92 Å². The average Bonchev–Trinajstić information content (AvgIpc) is 3.40. The minimum absolute atomic E-state index is 0.289. The Morgan fingerprint density at radius 1 is 1.12 bits per heavy atom. The summed E-state index contributed by atoms with van der Waals surface area (Å²) < 4.78 is 22.2. The van der Waals surface area contributed by atoms with Gasteiger partial charge >= 0.3 is 17.9 Å². The Labute approximate surface area is 188 Å². The fourth-order valence-electron chi connectivity index (χ4n) is 3.83. The van der Waals surface area contributed by atoms with E-state index in [1.165, 1.54) is 13.8 Å². The lowest BCUT2D eigenvalue weighted by Gasteiger charge is -2.38. The lowest BCUT2D eigenvalue weighted by Crippen LogP contribution is -2.56. The molecule has 176 valence electrons. The standard InChI is InChI=1S/C24H32O8/c1-9-13(4)23(28)31-17(11-10-12(2)3)14(5)18-19(29-15(6)25)21(27)24(8)22(32-24)20(18)30-16(7)26/h9-10,17-20,22H,5,11H2,1-4,6-8H3/b13-9-/t17?,18-,19-,20+,22-,24+/m1/s1. The molecule has 1 aliphatic heterocycles. The van der Waals surface area contributed by atoms with Gasteiger partial charge in [-0.2, -0.15) is 0 Å². The van der Waals surface area contributed by atoms with E-state index in [2.05, 4.69) is 6.58 Å². The molecule has 1 saturated heterocycles. The minimum atomic E-state index is -1.29. The summed E-state index contributed by atoms with van der Waals surface area (Å²) in [7, 11) is 0. The number of allylic oxidation sites excluding steroid dienone is 2. The highest BCUT2D eigenvalue weighted by Gasteiger charge is 2.72. The van der Waals surface area contributed by atoms with Crippen LogP contribution < -0.4 is 0 Å². The maximum absolute atomic E-state index is 13.1.